The van der Waals surface area contributed by atoms with Crippen molar-refractivity contribution < 1.29 is 45.9 Å². The van der Waals surface area contributed by atoms with Crippen LogP contribution in [-0.4, -0.2) is 95.8 Å². The molecule has 0 radical (unpaired) electrons. The van der Waals surface area contributed by atoms with Gasteiger partial charge in [0.2, 0.25) is 5.72 Å². The number of aromatic nitrogens is 3. The smallest absolute Gasteiger partial charge is 0.430 e. The SMILES string of the molecule is CN(C)S(=O)(=O)Nc1ccc([C@@H](CC[N+](C)(C)C2(O)CC2)NC(=O)c2nc3cc4c(nc3s2)CC[C@H](C(C)(C)C)C4)cn1.O=C([O-])C(F)(F)F. The highest BCUT2D eigenvalue weighted by atomic mass is 32.2. The Labute approximate surface area is 293 Å². The molecule has 1 fully saturated rings. The Bertz CT molecular complexity index is 1820. The predicted molar refractivity (Wildman–Crippen MR) is 180 cm³/mol. The number of nitrogens with zero attached hydrogens (tertiary/aromatic N) is 5. The molecule has 50 heavy (non-hydrogen) atoms. The number of pyridine rings is 2. The number of carbonyl (C=O) groups is 2. The summed E-state index contributed by atoms with van der Waals surface area (Å²) in [5, 5.41) is 23.1. The van der Waals surface area contributed by atoms with E-state index in [0.29, 0.717) is 28.4 Å². The third kappa shape index (κ3) is 9.45. The van der Waals surface area contributed by atoms with Crippen molar-refractivity contribution in [2.45, 2.75) is 77.2 Å². The van der Waals surface area contributed by atoms with Gasteiger partial charge in [0.25, 0.3) is 5.91 Å². The molecule has 1 amide bonds. The Morgan fingerprint density at radius 1 is 1.18 bits per heavy atom. The van der Waals surface area contributed by atoms with Crippen molar-refractivity contribution in [1.29, 1.82) is 0 Å². The molecule has 276 valence electrons. The first-order valence-electron chi connectivity index (χ1n) is 16.0. The summed E-state index contributed by atoms with van der Waals surface area (Å²) in [6.45, 7) is 7.46. The normalized spacial score (nSPS) is 18.1. The first-order chi connectivity index (χ1) is 22.9. The highest BCUT2D eigenvalue weighted by Crippen LogP contribution is 2.43. The minimum atomic E-state index is -5.19. The lowest BCUT2D eigenvalue weighted by atomic mass is 9.71. The van der Waals surface area contributed by atoms with E-state index in [-0.39, 0.29) is 17.1 Å². The van der Waals surface area contributed by atoms with Crippen LogP contribution in [-0.2, 0) is 27.8 Å². The Morgan fingerprint density at radius 3 is 2.34 bits per heavy atom. The zero-order chi connectivity index (χ0) is 37.4. The molecular weight excluding hydrogens is 700 g/mol. The lowest BCUT2D eigenvalue weighted by Crippen LogP contribution is -2.52. The van der Waals surface area contributed by atoms with Crippen molar-refractivity contribution in [2.75, 3.05) is 39.5 Å². The van der Waals surface area contributed by atoms with Gasteiger partial charge in [0.05, 0.1) is 26.7 Å². The molecule has 3 heterocycles. The first kappa shape index (κ1) is 39.3. The topological polar surface area (TPSA) is 178 Å². The maximum Gasteiger partial charge on any atom is 0.430 e. The van der Waals surface area contributed by atoms with Gasteiger partial charge in [-0.15, -0.1) is 0 Å². The van der Waals surface area contributed by atoms with Crippen LogP contribution in [0, 0.1) is 11.3 Å². The maximum atomic E-state index is 13.6. The van der Waals surface area contributed by atoms with Gasteiger partial charge in [0.1, 0.15) is 22.1 Å². The molecule has 0 spiro atoms. The minimum absolute atomic E-state index is 0.181. The van der Waals surface area contributed by atoms with E-state index in [1.54, 1.807) is 18.3 Å². The van der Waals surface area contributed by atoms with Gasteiger partial charge in [-0.2, -0.15) is 25.9 Å². The summed E-state index contributed by atoms with van der Waals surface area (Å²) in [6, 6.07) is 5.02. The summed E-state index contributed by atoms with van der Waals surface area (Å²) >= 11 is 1.30. The van der Waals surface area contributed by atoms with Crippen LogP contribution in [0.1, 0.15) is 79.1 Å². The number of aryl methyl sites for hydroxylation is 1. The molecule has 0 aromatic carbocycles. The van der Waals surface area contributed by atoms with E-state index in [1.165, 1.54) is 31.0 Å². The van der Waals surface area contributed by atoms with Crippen molar-refractivity contribution >= 4 is 49.6 Å². The number of aliphatic hydroxyl groups is 1. The van der Waals surface area contributed by atoms with E-state index in [4.69, 9.17) is 14.9 Å². The molecule has 0 saturated heterocycles. The summed E-state index contributed by atoms with van der Waals surface area (Å²) in [6.07, 6.45) is 1.42. The van der Waals surface area contributed by atoms with Crippen LogP contribution < -0.4 is 15.1 Å². The molecule has 1 saturated carbocycles. The number of rotatable bonds is 10. The van der Waals surface area contributed by atoms with Crippen LogP contribution in [0.2, 0.25) is 0 Å². The van der Waals surface area contributed by atoms with E-state index < -0.39 is 34.1 Å². The highest BCUT2D eigenvalue weighted by Gasteiger charge is 2.55. The zero-order valence-corrected chi connectivity index (χ0v) is 30.7. The molecule has 2 aliphatic rings. The molecule has 2 atom stereocenters. The summed E-state index contributed by atoms with van der Waals surface area (Å²) in [5.41, 5.74) is 3.28. The van der Waals surface area contributed by atoms with Gasteiger partial charge in [-0.25, -0.2) is 15.0 Å². The number of quaternary nitrogens is 1. The number of aliphatic carboxylic acids is 1. The van der Waals surface area contributed by atoms with E-state index in [1.807, 2.05) is 14.1 Å². The second kappa shape index (κ2) is 14.3. The van der Waals surface area contributed by atoms with Crippen LogP contribution in [0.5, 0.6) is 0 Å². The van der Waals surface area contributed by atoms with Gasteiger partial charge >= 0.3 is 16.4 Å². The molecule has 13 nitrogen and oxygen atoms in total. The molecule has 3 aromatic heterocycles. The first-order valence-corrected chi connectivity index (χ1v) is 18.3. The Balaban J connectivity index is 0.000000727. The van der Waals surface area contributed by atoms with Gasteiger partial charge < -0.3 is 24.8 Å². The molecule has 0 aliphatic heterocycles. The van der Waals surface area contributed by atoms with Crippen molar-refractivity contribution in [3.05, 3.63) is 46.2 Å². The number of nitrogens with one attached hydrogen (secondary N) is 2. The van der Waals surface area contributed by atoms with Crippen LogP contribution in [0.25, 0.3) is 10.3 Å². The van der Waals surface area contributed by atoms with Gasteiger partial charge in [-0.3, -0.25) is 9.52 Å². The number of thiazole rings is 1. The Morgan fingerprint density at radius 2 is 1.82 bits per heavy atom. The number of alkyl halides is 3. The second-order valence-electron chi connectivity index (χ2n) is 14.6. The van der Waals surface area contributed by atoms with Crippen LogP contribution in [0.3, 0.4) is 0 Å². The maximum absolute atomic E-state index is 13.6. The number of carboxylic acid groups (broad SMARTS) is 1. The molecule has 3 N–H and O–H groups in total. The van der Waals surface area contributed by atoms with Crippen molar-refractivity contribution in [2.24, 2.45) is 11.3 Å². The fourth-order valence-electron chi connectivity index (χ4n) is 5.66. The van der Waals surface area contributed by atoms with E-state index >= 15 is 0 Å². The number of fused-ring (bicyclic) bond motifs is 2. The van der Waals surface area contributed by atoms with E-state index in [2.05, 4.69) is 46.8 Å². The lowest BCUT2D eigenvalue weighted by molar-refractivity contribution is -0.949. The van der Waals surface area contributed by atoms with Crippen molar-refractivity contribution in [3.8, 4) is 0 Å². The summed E-state index contributed by atoms with van der Waals surface area (Å²) < 4.78 is 59.9. The zero-order valence-electron chi connectivity index (χ0n) is 29.1. The number of hydrogen-bond acceptors (Lipinski definition) is 10. The predicted octanol–water partition coefficient (Wildman–Crippen LogP) is 3.17. The number of carboxylic acids is 1. The second-order valence-corrected chi connectivity index (χ2v) is 17.5. The average molecular weight is 744 g/mol. The largest absolute Gasteiger partial charge is 0.542 e. The van der Waals surface area contributed by atoms with Gasteiger partial charge in [-0.1, -0.05) is 38.2 Å². The molecule has 2 aliphatic carbocycles. The molecule has 0 bridgehead atoms. The van der Waals surface area contributed by atoms with Crippen LogP contribution >= 0.6 is 11.3 Å². The number of halogens is 3. The van der Waals surface area contributed by atoms with Crippen molar-refractivity contribution in [1.82, 2.24) is 24.6 Å². The van der Waals surface area contributed by atoms with Crippen LogP contribution in [0.15, 0.2) is 24.4 Å². The lowest BCUT2D eigenvalue weighted by Gasteiger charge is -2.36. The molecule has 18 heteroatoms. The van der Waals surface area contributed by atoms with Gasteiger partial charge in [0, 0.05) is 45.2 Å². The van der Waals surface area contributed by atoms with E-state index in [0.717, 1.165) is 58.0 Å². The monoisotopic (exact) mass is 743 g/mol. The Kier molecular flexibility index (Phi) is 11.2. The number of anilines is 1. The standard InChI is InChI=1S/C30H43N7O4S2.C2HF3O2/c1-29(2,3)21-9-10-22-20(16-21)17-24-27(33-22)42-28(34-24)26(38)32-23(12-15-37(6,7)30(39)13-14-30)19-8-11-25(31-18-19)35-43(40,41)36(4)5;3-2(4,5)1(6)7/h8,11,17-18,21,23,39H,9-10,12-16H2,1-7H3,(H-,31,32,35,38);(H,6,7)/t21-,23+;/m0./s1. The molecule has 0 unspecified atom stereocenters. The number of amides is 1. The summed E-state index contributed by atoms with van der Waals surface area (Å²) in [5.74, 6) is -2.55. The number of carbonyl (C=O) groups excluding carboxylic acids is 2. The summed E-state index contributed by atoms with van der Waals surface area (Å²) in [7, 11) is 3.16. The quantitative estimate of drug-likeness (QED) is 0.208. The fraction of sp³-hybridized carbons (Fsp3) is 0.594. The highest BCUT2D eigenvalue weighted by molar-refractivity contribution is 7.90. The fourth-order valence-corrected chi connectivity index (χ4v) is 7.07. The molecule has 3 aromatic rings. The van der Waals surface area contributed by atoms with Gasteiger partial charge in [0.15, 0.2) is 5.01 Å². The van der Waals surface area contributed by atoms with Crippen LogP contribution in [0.4, 0.5) is 19.0 Å². The number of hydrogen-bond donors (Lipinski definition) is 3. The average Bonchev–Trinajstić information content (AvgIpc) is 3.64. The Hall–Kier alpha value is -3.45. The molecular formula is C32H44F3N7O6S2. The minimum Gasteiger partial charge on any atom is -0.542 e. The van der Waals surface area contributed by atoms with E-state index in [9.17, 15) is 31.5 Å². The molecule has 5 rings (SSSR count). The summed E-state index contributed by atoms with van der Waals surface area (Å²) in [4.78, 5) is 37.1. The van der Waals surface area contributed by atoms with Gasteiger partial charge in [-0.05, 0) is 53.9 Å². The third-order valence-corrected chi connectivity index (χ3v) is 11.8. The third-order valence-electron chi connectivity index (χ3n) is 9.41. The van der Waals surface area contributed by atoms with Crippen molar-refractivity contribution in [3.63, 3.8) is 0 Å².